The van der Waals surface area contributed by atoms with Crippen LogP contribution in [-0.2, 0) is 9.59 Å². The lowest BCUT2D eigenvalue weighted by Crippen LogP contribution is -2.42. The van der Waals surface area contributed by atoms with Crippen LogP contribution in [-0.4, -0.2) is 68.5 Å². The number of carboxylic acid groups (broad SMARTS) is 1. The molecule has 2 atom stereocenters. The molecule has 0 aromatic carbocycles. The topological polar surface area (TPSA) is 95.2 Å². The molecule has 0 saturated carbocycles. The number of aromatic nitrogens is 2. The van der Waals surface area contributed by atoms with E-state index in [1.165, 1.54) is 11.1 Å². The third-order valence-corrected chi connectivity index (χ3v) is 5.38. The number of fused-ring (bicyclic) bond motifs is 2. The average Bonchev–Trinajstić information content (AvgIpc) is 3.26. The summed E-state index contributed by atoms with van der Waals surface area (Å²) in [5.74, 6) is -2.17. The average molecular weight is 342 g/mol. The van der Waals surface area contributed by atoms with Crippen molar-refractivity contribution in [2.45, 2.75) is 6.92 Å². The summed E-state index contributed by atoms with van der Waals surface area (Å²) in [4.78, 5) is 40.4. The Hall–Kier alpha value is -2.90. The number of aliphatic carboxylic acids is 1. The lowest BCUT2D eigenvalue weighted by molar-refractivity contribution is -0.149. The summed E-state index contributed by atoms with van der Waals surface area (Å²) in [6, 6.07) is 5.41. The Morgan fingerprint density at radius 1 is 1.36 bits per heavy atom. The van der Waals surface area contributed by atoms with Gasteiger partial charge in [-0.1, -0.05) is 6.07 Å². The first kappa shape index (κ1) is 15.6. The zero-order valence-corrected chi connectivity index (χ0v) is 13.8. The molecular weight excluding hydrogens is 324 g/mol. The SMILES string of the molecule is CCN1C[C@@]2(C(=O)O)CN(C(=O)c3cnn4ccccc34)C[C@H]2C1=O. The predicted octanol–water partition coefficient (Wildman–Crippen LogP) is 0.339. The molecule has 0 unspecified atom stereocenters. The Morgan fingerprint density at radius 2 is 2.16 bits per heavy atom. The van der Waals surface area contributed by atoms with Gasteiger partial charge in [-0.15, -0.1) is 0 Å². The van der Waals surface area contributed by atoms with E-state index in [-0.39, 0.29) is 31.4 Å². The van der Waals surface area contributed by atoms with Crippen LogP contribution in [0.3, 0.4) is 0 Å². The van der Waals surface area contributed by atoms with Crippen LogP contribution in [0.5, 0.6) is 0 Å². The monoisotopic (exact) mass is 342 g/mol. The number of hydrogen-bond acceptors (Lipinski definition) is 4. The molecule has 0 radical (unpaired) electrons. The third-order valence-electron chi connectivity index (χ3n) is 5.38. The number of likely N-dealkylation sites (tertiary alicyclic amines) is 2. The number of carboxylic acids is 1. The Labute approximate surface area is 143 Å². The summed E-state index contributed by atoms with van der Waals surface area (Å²) in [5.41, 5.74) is -0.137. The maximum absolute atomic E-state index is 12.9. The highest BCUT2D eigenvalue weighted by atomic mass is 16.4. The summed E-state index contributed by atoms with van der Waals surface area (Å²) in [7, 11) is 0. The maximum Gasteiger partial charge on any atom is 0.314 e. The molecule has 8 nitrogen and oxygen atoms in total. The van der Waals surface area contributed by atoms with Gasteiger partial charge in [-0.25, -0.2) is 4.52 Å². The summed E-state index contributed by atoms with van der Waals surface area (Å²) >= 11 is 0. The van der Waals surface area contributed by atoms with E-state index < -0.39 is 17.3 Å². The second-order valence-electron chi connectivity index (χ2n) is 6.64. The van der Waals surface area contributed by atoms with E-state index in [4.69, 9.17) is 0 Å². The number of carbonyl (C=O) groups excluding carboxylic acids is 2. The van der Waals surface area contributed by atoms with Gasteiger partial charge in [0.25, 0.3) is 5.91 Å². The fourth-order valence-electron chi connectivity index (χ4n) is 4.00. The fourth-order valence-corrected chi connectivity index (χ4v) is 4.00. The third kappa shape index (κ3) is 2.06. The van der Waals surface area contributed by atoms with Crippen LogP contribution in [0.1, 0.15) is 17.3 Å². The van der Waals surface area contributed by atoms with Crippen LogP contribution in [0.4, 0.5) is 0 Å². The minimum absolute atomic E-state index is 0.0399. The van der Waals surface area contributed by atoms with E-state index in [9.17, 15) is 19.5 Å². The van der Waals surface area contributed by atoms with E-state index in [2.05, 4.69) is 5.10 Å². The number of pyridine rings is 1. The summed E-state index contributed by atoms with van der Waals surface area (Å²) in [6.07, 6.45) is 3.23. The molecule has 0 bridgehead atoms. The predicted molar refractivity (Wildman–Crippen MR) is 86.9 cm³/mol. The normalized spacial score (nSPS) is 25.6. The molecule has 2 aliphatic heterocycles. The molecule has 2 saturated heterocycles. The zero-order valence-electron chi connectivity index (χ0n) is 13.8. The van der Waals surface area contributed by atoms with Gasteiger partial charge in [-0.05, 0) is 19.1 Å². The van der Waals surface area contributed by atoms with E-state index >= 15 is 0 Å². The second-order valence-corrected chi connectivity index (χ2v) is 6.64. The molecular formula is C17H18N4O4. The number of carbonyl (C=O) groups is 3. The van der Waals surface area contributed by atoms with Crippen LogP contribution in [0.25, 0.3) is 5.52 Å². The smallest absolute Gasteiger partial charge is 0.314 e. The van der Waals surface area contributed by atoms with Crippen molar-refractivity contribution in [3.63, 3.8) is 0 Å². The van der Waals surface area contributed by atoms with Gasteiger partial charge >= 0.3 is 5.97 Å². The van der Waals surface area contributed by atoms with Crippen molar-refractivity contribution in [1.82, 2.24) is 19.4 Å². The molecule has 1 N–H and O–H groups in total. The molecule has 25 heavy (non-hydrogen) atoms. The number of rotatable bonds is 3. The summed E-state index contributed by atoms with van der Waals surface area (Å²) in [5, 5.41) is 13.9. The molecule has 2 fully saturated rings. The number of hydrogen-bond donors (Lipinski definition) is 1. The van der Waals surface area contributed by atoms with Gasteiger partial charge in [0.15, 0.2) is 0 Å². The zero-order chi connectivity index (χ0) is 17.8. The second kappa shape index (κ2) is 5.30. The molecule has 8 heteroatoms. The highest BCUT2D eigenvalue weighted by Crippen LogP contribution is 2.44. The standard InChI is InChI=1S/C17H18N4O4/c1-2-19-9-17(16(24)25)10-20(8-12(17)15(19)23)14(22)11-7-18-21-6-4-3-5-13(11)21/h3-7,12H,2,8-10H2,1H3,(H,24,25)/t12-,17+/m0/s1. The van der Waals surface area contributed by atoms with Crippen molar-refractivity contribution in [2.75, 3.05) is 26.2 Å². The highest BCUT2D eigenvalue weighted by Gasteiger charge is 2.62. The molecule has 0 aliphatic carbocycles. The molecule has 4 rings (SSSR count). The van der Waals surface area contributed by atoms with E-state index in [0.717, 1.165) is 0 Å². The van der Waals surface area contributed by atoms with Gasteiger partial charge in [-0.3, -0.25) is 14.4 Å². The minimum Gasteiger partial charge on any atom is -0.481 e. The van der Waals surface area contributed by atoms with Crippen LogP contribution in [0.15, 0.2) is 30.6 Å². The van der Waals surface area contributed by atoms with Crippen molar-refractivity contribution in [3.8, 4) is 0 Å². The van der Waals surface area contributed by atoms with Crippen LogP contribution in [0.2, 0.25) is 0 Å². The van der Waals surface area contributed by atoms with Gasteiger partial charge in [0.05, 0.1) is 23.2 Å². The first-order valence-corrected chi connectivity index (χ1v) is 8.22. The van der Waals surface area contributed by atoms with Crippen LogP contribution in [0, 0.1) is 11.3 Å². The summed E-state index contributed by atoms with van der Waals surface area (Å²) < 4.78 is 1.60. The van der Waals surface area contributed by atoms with Gasteiger partial charge in [0, 0.05) is 32.4 Å². The van der Waals surface area contributed by atoms with E-state index in [1.807, 2.05) is 19.1 Å². The highest BCUT2D eigenvalue weighted by molar-refractivity contribution is 6.02. The number of amides is 2. The Kier molecular flexibility index (Phi) is 3.31. The van der Waals surface area contributed by atoms with Gasteiger partial charge in [-0.2, -0.15) is 5.10 Å². The van der Waals surface area contributed by atoms with Crippen LogP contribution < -0.4 is 0 Å². The Morgan fingerprint density at radius 3 is 2.84 bits per heavy atom. The first-order valence-electron chi connectivity index (χ1n) is 8.22. The van der Waals surface area contributed by atoms with Crippen LogP contribution >= 0.6 is 0 Å². The summed E-state index contributed by atoms with van der Waals surface area (Å²) in [6.45, 7) is 2.63. The van der Waals surface area contributed by atoms with Gasteiger partial charge in [0.1, 0.15) is 5.41 Å². The lowest BCUT2D eigenvalue weighted by Gasteiger charge is -2.24. The molecule has 2 amide bonds. The van der Waals surface area contributed by atoms with E-state index in [1.54, 1.807) is 21.7 Å². The Balaban J connectivity index is 1.67. The molecule has 2 aliphatic rings. The van der Waals surface area contributed by atoms with Crippen molar-refractivity contribution in [3.05, 3.63) is 36.2 Å². The maximum atomic E-state index is 12.9. The Bertz CT molecular complexity index is 892. The molecule has 2 aromatic rings. The van der Waals surface area contributed by atoms with Crippen molar-refractivity contribution in [2.24, 2.45) is 11.3 Å². The van der Waals surface area contributed by atoms with Gasteiger partial charge in [0.2, 0.25) is 5.91 Å². The van der Waals surface area contributed by atoms with Crippen molar-refractivity contribution < 1.29 is 19.5 Å². The molecule has 130 valence electrons. The van der Waals surface area contributed by atoms with Crippen molar-refractivity contribution >= 4 is 23.3 Å². The number of nitrogens with zero attached hydrogens (tertiary/aromatic N) is 4. The quantitative estimate of drug-likeness (QED) is 0.868. The molecule has 2 aromatic heterocycles. The minimum atomic E-state index is -1.22. The molecule has 0 spiro atoms. The van der Waals surface area contributed by atoms with Gasteiger partial charge < -0.3 is 14.9 Å². The first-order chi connectivity index (χ1) is 12.0. The van der Waals surface area contributed by atoms with E-state index in [0.29, 0.717) is 17.6 Å². The van der Waals surface area contributed by atoms with Crippen molar-refractivity contribution in [1.29, 1.82) is 0 Å². The fraction of sp³-hybridized carbons (Fsp3) is 0.412. The largest absolute Gasteiger partial charge is 0.481 e. The lowest BCUT2D eigenvalue weighted by atomic mass is 9.81. The molecule has 4 heterocycles.